The van der Waals surface area contributed by atoms with Crippen LogP contribution in [0.1, 0.15) is 19.8 Å². The molecule has 14 heavy (non-hydrogen) atoms. The Morgan fingerprint density at radius 2 is 2.43 bits per heavy atom. The summed E-state index contributed by atoms with van der Waals surface area (Å²) in [5.74, 6) is 5.02. The molecule has 1 aliphatic rings. The lowest BCUT2D eigenvalue weighted by Gasteiger charge is -2.35. The van der Waals surface area contributed by atoms with Gasteiger partial charge in [-0.1, -0.05) is 0 Å². The van der Waals surface area contributed by atoms with Gasteiger partial charge in [0, 0.05) is 11.8 Å². The summed E-state index contributed by atoms with van der Waals surface area (Å²) in [7, 11) is 0. The summed E-state index contributed by atoms with van der Waals surface area (Å²) in [6.07, 6.45) is 4.56. The van der Waals surface area contributed by atoms with E-state index < -0.39 is 0 Å². The Hall–Kier alpha value is -0.260. The number of nitrogens with zero attached hydrogens (tertiary/aromatic N) is 1. The summed E-state index contributed by atoms with van der Waals surface area (Å²) in [4.78, 5) is 13.5. The Balaban J connectivity index is 2.46. The third-order valence-electron chi connectivity index (χ3n) is 2.81. The quantitative estimate of drug-likeness (QED) is 0.402. The third kappa shape index (κ3) is 2.87. The first-order chi connectivity index (χ1) is 6.69. The van der Waals surface area contributed by atoms with Crippen molar-refractivity contribution >= 4 is 17.7 Å². The number of hydrogen-bond acceptors (Lipinski definition) is 4. The summed E-state index contributed by atoms with van der Waals surface area (Å²) < 4.78 is 0. The zero-order chi connectivity index (χ0) is 10.6. The van der Waals surface area contributed by atoms with E-state index >= 15 is 0 Å². The molecule has 3 N–H and O–H groups in total. The molecule has 4 nitrogen and oxygen atoms in total. The fourth-order valence-corrected chi connectivity index (χ4v) is 2.54. The molecular weight excluding hydrogens is 198 g/mol. The number of thioether (sulfide) groups is 1. The van der Waals surface area contributed by atoms with E-state index in [2.05, 4.69) is 16.6 Å². The van der Waals surface area contributed by atoms with Crippen LogP contribution in [0.5, 0.6) is 0 Å². The second-order valence-corrected chi connectivity index (χ2v) is 4.82. The van der Waals surface area contributed by atoms with Crippen molar-refractivity contribution in [1.82, 2.24) is 10.3 Å². The highest BCUT2D eigenvalue weighted by atomic mass is 32.2. The van der Waals surface area contributed by atoms with E-state index in [-0.39, 0.29) is 11.9 Å². The Kier molecular flexibility index (Phi) is 4.71. The maximum Gasteiger partial charge on any atom is 0.250 e. The number of likely N-dealkylation sites (tertiary alicyclic amines) is 1. The number of amides is 1. The van der Waals surface area contributed by atoms with Crippen molar-refractivity contribution in [3.8, 4) is 0 Å². The number of carbonyl (C=O) groups is 1. The largest absolute Gasteiger partial charge is 0.293 e. The van der Waals surface area contributed by atoms with E-state index in [4.69, 9.17) is 5.84 Å². The smallest absolute Gasteiger partial charge is 0.250 e. The van der Waals surface area contributed by atoms with E-state index in [0.29, 0.717) is 5.25 Å². The molecule has 2 atom stereocenters. The molecule has 82 valence electrons. The number of hydrazine groups is 1. The first-order valence-electron chi connectivity index (χ1n) is 4.96. The number of carbonyl (C=O) groups excluding carboxylic acids is 1. The van der Waals surface area contributed by atoms with Gasteiger partial charge in [-0.05, 0) is 32.6 Å². The van der Waals surface area contributed by atoms with Crippen molar-refractivity contribution in [2.24, 2.45) is 5.84 Å². The highest BCUT2D eigenvalue weighted by Crippen LogP contribution is 2.21. The van der Waals surface area contributed by atoms with Gasteiger partial charge in [0.05, 0.1) is 6.04 Å². The molecule has 0 radical (unpaired) electrons. The van der Waals surface area contributed by atoms with Gasteiger partial charge >= 0.3 is 0 Å². The number of rotatable bonds is 3. The predicted octanol–water partition coefficient (Wildman–Crippen LogP) is 0.192. The standard InChI is InChI=1S/C9H19N3OS/c1-7(9(13)11-10)12-5-3-4-8(6-12)14-2/h7-8H,3-6,10H2,1-2H3,(H,11,13). The molecule has 0 aliphatic carbocycles. The number of nitrogens with two attached hydrogens (primary N) is 1. The fraction of sp³-hybridized carbons (Fsp3) is 0.889. The Bertz CT molecular complexity index is 200. The van der Waals surface area contributed by atoms with Gasteiger partial charge in [-0.25, -0.2) is 5.84 Å². The van der Waals surface area contributed by atoms with Crippen LogP contribution in [0.4, 0.5) is 0 Å². The van der Waals surface area contributed by atoms with Crippen LogP contribution in [0.25, 0.3) is 0 Å². The van der Waals surface area contributed by atoms with Gasteiger partial charge in [0.1, 0.15) is 0 Å². The molecule has 0 saturated carbocycles. The third-order valence-corrected chi connectivity index (χ3v) is 3.86. The normalized spacial score (nSPS) is 25.8. The van der Waals surface area contributed by atoms with Gasteiger partial charge in [-0.15, -0.1) is 0 Å². The molecule has 2 unspecified atom stereocenters. The summed E-state index contributed by atoms with van der Waals surface area (Å²) in [5.41, 5.74) is 2.21. The first-order valence-corrected chi connectivity index (χ1v) is 6.25. The van der Waals surface area contributed by atoms with Gasteiger partial charge in [0.15, 0.2) is 0 Å². The van der Waals surface area contributed by atoms with Crippen LogP contribution >= 0.6 is 11.8 Å². The maximum absolute atomic E-state index is 11.3. The van der Waals surface area contributed by atoms with E-state index in [1.54, 1.807) is 0 Å². The molecule has 1 saturated heterocycles. The van der Waals surface area contributed by atoms with E-state index in [1.807, 2.05) is 18.7 Å². The SMILES string of the molecule is CSC1CCCN(C(C)C(=O)NN)C1. The molecule has 1 fully saturated rings. The summed E-state index contributed by atoms with van der Waals surface area (Å²) in [5, 5.41) is 0.664. The zero-order valence-electron chi connectivity index (χ0n) is 8.82. The monoisotopic (exact) mass is 217 g/mol. The lowest BCUT2D eigenvalue weighted by molar-refractivity contribution is -0.126. The highest BCUT2D eigenvalue weighted by molar-refractivity contribution is 7.99. The predicted molar refractivity (Wildman–Crippen MR) is 59.9 cm³/mol. The number of nitrogens with one attached hydrogen (secondary N) is 1. The second kappa shape index (κ2) is 5.58. The van der Waals surface area contributed by atoms with Crippen LogP contribution in [0.15, 0.2) is 0 Å². The van der Waals surface area contributed by atoms with E-state index in [9.17, 15) is 4.79 Å². The summed E-state index contributed by atoms with van der Waals surface area (Å²) in [6, 6.07) is -0.102. The van der Waals surface area contributed by atoms with Crippen LogP contribution < -0.4 is 11.3 Å². The van der Waals surface area contributed by atoms with Crippen molar-refractivity contribution in [1.29, 1.82) is 0 Å². The van der Waals surface area contributed by atoms with Gasteiger partial charge < -0.3 is 0 Å². The molecule has 0 aromatic heterocycles. The maximum atomic E-state index is 11.3. The van der Waals surface area contributed by atoms with Crippen molar-refractivity contribution in [3.05, 3.63) is 0 Å². The summed E-state index contributed by atoms with van der Waals surface area (Å²) in [6.45, 7) is 3.91. The lowest BCUT2D eigenvalue weighted by atomic mass is 10.1. The average molecular weight is 217 g/mol. The van der Waals surface area contributed by atoms with Crippen LogP contribution in [0.2, 0.25) is 0 Å². The molecule has 0 aromatic rings. The number of piperidine rings is 1. The van der Waals surface area contributed by atoms with Gasteiger partial charge in [-0.3, -0.25) is 15.1 Å². The minimum Gasteiger partial charge on any atom is -0.293 e. The van der Waals surface area contributed by atoms with Crippen molar-refractivity contribution in [3.63, 3.8) is 0 Å². The van der Waals surface area contributed by atoms with Crippen LogP contribution in [-0.4, -0.2) is 41.4 Å². The zero-order valence-corrected chi connectivity index (χ0v) is 9.64. The molecule has 1 amide bonds. The number of hydrogen-bond donors (Lipinski definition) is 2. The Labute approximate surface area is 89.6 Å². The average Bonchev–Trinajstić information content (AvgIpc) is 2.27. The minimum atomic E-state index is -0.102. The van der Waals surface area contributed by atoms with Crippen molar-refractivity contribution in [2.45, 2.75) is 31.1 Å². The van der Waals surface area contributed by atoms with Crippen LogP contribution in [0, 0.1) is 0 Å². The Morgan fingerprint density at radius 1 is 1.71 bits per heavy atom. The van der Waals surface area contributed by atoms with Gasteiger partial charge in [0.25, 0.3) is 5.91 Å². The van der Waals surface area contributed by atoms with E-state index in [0.717, 1.165) is 13.1 Å². The van der Waals surface area contributed by atoms with Gasteiger partial charge in [0.2, 0.25) is 0 Å². The molecule has 1 heterocycles. The first kappa shape index (κ1) is 11.8. The molecule has 1 rings (SSSR count). The van der Waals surface area contributed by atoms with Crippen LogP contribution in [-0.2, 0) is 4.79 Å². The topological polar surface area (TPSA) is 58.4 Å². The lowest BCUT2D eigenvalue weighted by Crippen LogP contribution is -2.51. The Morgan fingerprint density at radius 3 is 3.00 bits per heavy atom. The van der Waals surface area contributed by atoms with Crippen molar-refractivity contribution in [2.75, 3.05) is 19.3 Å². The molecule has 0 bridgehead atoms. The molecule has 1 aliphatic heterocycles. The van der Waals surface area contributed by atoms with Crippen LogP contribution in [0.3, 0.4) is 0 Å². The second-order valence-electron chi connectivity index (χ2n) is 3.68. The fourth-order valence-electron chi connectivity index (χ4n) is 1.80. The van der Waals surface area contributed by atoms with Crippen molar-refractivity contribution < 1.29 is 4.79 Å². The summed E-state index contributed by atoms with van der Waals surface area (Å²) >= 11 is 1.88. The molecular formula is C9H19N3OS. The molecule has 0 spiro atoms. The highest BCUT2D eigenvalue weighted by Gasteiger charge is 2.26. The van der Waals surface area contributed by atoms with E-state index in [1.165, 1.54) is 12.8 Å². The molecule has 0 aromatic carbocycles. The van der Waals surface area contributed by atoms with Gasteiger partial charge in [-0.2, -0.15) is 11.8 Å². The molecule has 5 heteroatoms. The minimum absolute atomic E-state index is 0.0910.